The van der Waals surface area contributed by atoms with Crippen molar-refractivity contribution < 1.29 is 9.53 Å². The molecule has 0 aliphatic rings. The molecule has 188 valence electrons. The molecule has 2 aromatic rings. The van der Waals surface area contributed by atoms with Gasteiger partial charge in [-0.1, -0.05) is 97.3 Å². The Morgan fingerprint density at radius 1 is 0.676 bits per heavy atom. The summed E-state index contributed by atoms with van der Waals surface area (Å²) in [5.74, 6) is 0.406. The van der Waals surface area contributed by atoms with E-state index in [0.29, 0.717) is 12.2 Å². The van der Waals surface area contributed by atoms with Gasteiger partial charge in [0.05, 0.1) is 17.6 Å². The summed E-state index contributed by atoms with van der Waals surface area (Å²) in [4.78, 5) is 21.0. The standard InChI is InChI=1S/C30H46N2O2/c1-3-5-7-8-9-10-11-12-13-14-15-16-17-18-27-24-32-29(25-31-27)26-20-22-28(23-21-26)34-30(33)19-6-4-2/h20-25H,3-19H2,1-2H3. The average Bonchev–Trinajstić information content (AvgIpc) is 2.86. The van der Waals surface area contributed by atoms with Crippen LogP contribution in [0.5, 0.6) is 5.75 Å². The zero-order valence-corrected chi connectivity index (χ0v) is 21.7. The average molecular weight is 467 g/mol. The highest BCUT2D eigenvalue weighted by Gasteiger charge is 2.06. The SMILES string of the molecule is CCCCCCCCCCCCCCCc1cnc(-c2ccc(OC(=O)CCCC)cc2)cn1. The van der Waals surface area contributed by atoms with Crippen LogP contribution in [-0.2, 0) is 11.2 Å². The minimum absolute atomic E-state index is 0.174. The van der Waals surface area contributed by atoms with Crippen molar-refractivity contribution in [2.45, 2.75) is 123 Å². The molecule has 0 fully saturated rings. The minimum Gasteiger partial charge on any atom is -0.427 e. The van der Waals surface area contributed by atoms with Crippen molar-refractivity contribution in [2.75, 3.05) is 0 Å². The Bertz CT molecular complexity index is 771. The van der Waals surface area contributed by atoms with E-state index in [1.54, 1.807) is 0 Å². The van der Waals surface area contributed by atoms with Crippen molar-refractivity contribution in [2.24, 2.45) is 0 Å². The number of unbranched alkanes of at least 4 members (excludes halogenated alkanes) is 13. The molecular formula is C30H46N2O2. The van der Waals surface area contributed by atoms with Crippen LogP contribution in [0.4, 0.5) is 0 Å². The first-order valence-corrected chi connectivity index (χ1v) is 13.8. The third kappa shape index (κ3) is 12.3. The van der Waals surface area contributed by atoms with Gasteiger partial charge in [0.25, 0.3) is 0 Å². The first kappa shape index (κ1) is 28.0. The van der Waals surface area contributed by atoms with E-state index < -0.39 is 0 Å². The second-order valence-corrected chi connectivity index (χ2v) is 9.49. The number of ether oxygens (including phenoxy) is 1. The van der Waals surface area contributed by atoms with Crippen molar-refractivity contribution >= 4 is 5.97 Å². The van der Waals surface area contributed by atoms with E-state index in [1.165, 1.54) is 83.5 Å². The lowest BCUT2D eigenvalue weighted by molar-refractivity contribution is -0.134. The predicted molar refractivity (Wildman–Crippen MR) is 142 cm³/mol. The lowest BCUT2D eigenvalue weighted by atomic mass is 10.0. The number of nitrogens with zero attached hydrogens (tertiary/aromatic N) is 2. The molecule has 0 atom stereocenters. The first-order chi connectivity index (χ1) is 16.7. The van der Waals surface area contributed by atoms with E-state index in [1.807, 2.05) is 36.7 Å². The second kappa shape index (κ2) is 18.1. The van der Waals surface area contributed by atoms with Gasteiger partial charge in [-0.05, 0) is 43.5 Å². The van der Waals surface area contributed by atoms with Gasteiger partial charge in [0.15, 0.2) is 0 Å². The number of esters is 1. The monoisotopic (exact) mass is 466 g/mol. The van der Waals surface area contributed by atoms with Gasteiger partial charge in [0.2, 0.25) is 0 Å². The van der Waals surface area contributed by atoms with Gasteiger partial charge in [-0.15, -0.1) is 0 Å². The number of aromatic nitrogens is 2. The summed E-state index contributed by atoms with van der Waals surface area (Å²) in [6.45, 7) is 4.34. The smallest absolute Gasteiger partial charge is 0.311 e. The molecule has 0 aliphatic carbocycles. The molecule has 4 heteroatoms. The van der Waals surface area contributed by atoms with Gasteiger partial charge >= 0.3 is 5.97 Å². The highest BCUT2D eigenvalue weighted by atomic mass is 16.5. The molecule has 1 heterocycles. The maximum absolute atomic E-state index is 11.8. The zero-order chi connectivity index (χ0) is 24.3. The van der Waals surface area contributed by atoms with Gasteiger partial charge in [-0.2, -0.15) is 0 Å². The molecule has 1 aromatic carbocycles. The molecule has 0 aliphatic heterocycles. The molecule has 4 nitrogen and oxygen atoms in total. The quantitative estimate of drug-likeness (QED) is 0.118. The van der Waals surface area contributed by atoms with E-state index in [2.05, 4.69) is 23.8 Å². The van der Waals surface area contributed by atoms with Gasteiger partial charge in [0.1, 0.15) is 5.75 Å². The molecule has 0 bridgehead atoms. The fourth-order valence-corrected chi connectivity index (χ4v) is 4.15. The van der Waals surface area contributed by atoms with Crippen molar-refractivity contribution in [3.8, 4) is 17.0 Å². The topological polar surface area (TPSA) is 52.1 Å². The molecule has 0 saturated heterocycles. The second-order valence-electron chi connectivity index (χ2n) is 9.49. The van der Waals surface area contributed by atoms with Crippen LogP contribution in [0.3, 0.4) is 0 Å². The maximum atomic E-state index is 11.8. The maximum Gasteiger partial charge on any atom is 0.311 e. The van der Waals surface area contributed by atoms with Crippen LogP contribution in [0.1, 0.15) is 122 Å². The number of hydrogen-bond donors (Lipinski definition) is 0. The van der Waals surface area contributed by atoms with E-state index in [0.717, 1.165) is 36.2 Å². The van der Waals surface area contributed by atoms with Crippen molar-refractivity contribution in [1.29, 1.82) is 0 Å². The van der Waals surface area contributed by atoms with Gasteiger partial charge < -0.3 is 4.74 Å². The number of aryl methyl sites for hydroxylation is 1. The van der Waals surface area contributed by atoms with Crippen LogP contribution in [-0.4, -0.2) is 15.9 Å². The molecule has 0 spiro atoms. The fourth-order valence-electron chi connectivity index (χ4n) is 4.15. The number of hydrogen-bond acceptors (Lipinski definition) is 4. The van der Waals surface area contributed by atoms with Crippen LogP contribution in [0.2, 0.25) is 0 Å². The predicted octanol–water partition coefficient (Wildman–Crippen LogP) is 8.87. The van der Waals surface area contributed by atoms with Gasteiger partial charge in [-0.3, -0.25) is 14.8 Å². The van der Waals surface area contributed by atoms with E-state index in [4.69, 9.17) is 4.74 Å². The third-order valence-electron chi connectivity index (χ3n) is 6.36. The molecule has 34 heavy (non-hydrogen) atoms. The molecule has 0 N–H and O–H groups in total. The first-order valence-electron chi connectivity index (χ1n) is 13.8. The Morgan fingerprint density at radius 3 is 1.76 bits per heavy atom. The van der Waals surface area contributed by atoms with Crippen LogP contribution in [0.25, 0.3) is 11.3 Å². The largest absolute Gasteiger partial charge is 0.427 e. The third-order valence-corrected chi connectivity index (χ3v) is 6.36. The Labute approximate surface area is 208 Å². The highest BCUT2D eigenvalue weighted by molar-refractivity contribution is 5.72. The Balaban J connectivity index is 1.56. The van der Waals surface area contributed by atoms with Crippen LogP contribution in [0, 0.1) is 0 Å². The van der Waals surface area contributed by atoms with Crippen molar-refractivity contribution in [3.63, 3.8) is 0 Å². The van der Waals surface area contributed by atoms with E-state index in [-0.39, 0.29) is 5.97 Å². The van der Waals surface area contributed by atoms with Crippen LogP contribution >= 0.6 is 0 Å². The van der Waals surface area contributed by atoms with E-state index >= 15 is 0 Å². The normalized spacial score (nSPS) is 11.0. The fraction of sp³-hybridized carbons (Fsp3) is 0.633. The lowest BCUT2D eigenvalue weighted by Crippen LogP contribution is -2.07. The van der Waals surface area contributed by atoms with Crippen LogP contribution in [0.15, 0.2) is 36.7 Å². The highest BCUT2D eigenvalue weighted by Crippen LogP contribution is 2.21. The summed E-state index contributed by atoms with van der Waals surface area (Å²) in [5.41, 5.74) is 2.89. The summed E-state index contributed by atoms with van der Waals surface area (Å²) < 4.78 is 5.36. The zero-order valence-electron chi connectivity index (χ0n) is 21.7. The van der Waals surface area contributed by atoms with Crippen LogP contribution < -0.4 is 4.74 Å². The summed E-state index contributed by atoms with van der Waals surface area (Å²) >= 11 is 0. The summed E-state index contributed by atoms with van der Waals surface area (Å²) in [7, 11) is 0. The lowest BCUT2D eigenvalue weighted by Gasteiger charge is -2.06. The molecule has 1 aromatic heterocycles. The van der Waals surface area contributed by atoms with Gasteiger partial charge in [-0.25, -0.2) is 0 Å². The molecule has 0 radical (unpaired) electrons. The number of benzene rings is 1. The van der Waals surface area contributed by atoms with Gasteiger partial charge in [0, 0.05) is 18.2 Å². The molecule has 0 amide bonds. The molecule has 0 saturated carbocycles. The van der Waals surface area contributed by atoms with E-state index in [9.17, 15) is 4.79 Å². The number of rotatable bonds is 19. The number of carbonyl (C=O) groups excluding carboxylic acids is 1. The molecular weight excluding hydrogens is 420 g/mol. The molecule has 0 unspecified atom stereocenters. The van der Waals surface area contributed by atoms with Crippen molar-refractivity contribution in [1.82, 2.24) is 9.97 Å². The Hall–Kier alpha value is -2.23. The summed E-state index contributed by atoms with van der Waals surface area (Å²) in [6.07, 6.45) is 24.9. The summed E-state index contributed by atoms with van der Waals surface area (Å²) in [5, 5.41) is 0. The Morgan fingerprint density at radius 2 is 1.24 bits per heavy atom. The minimum atomic E-state index is -0.174. The Kier molecular flexibility index (Phi) is 14.9. The molecule has 2 rings (SSSR count). The van der Waals surface area contributed by atoms with Crippen molar-refractivity contribution in [3.05, 3.63) is 42.4 Å². The summed E-state index contributed by atoms with van der Waals surface area (Å²) in [6, 6.07) is 7.50. The number of carbonyl (C=O) groups is 1.